The van der Waals surface area contributed by atoms with Gasteiger partial charge in [0.25, 0.3) is 5.91 Å². The molecule has 0 spiro atoms. The summed E-state index contributed by atoms with van der Waals surface area (Å²) in [7, 11) is 0. The normalized spacial score (nSPS) is 10.5. The third-order valence-electron chi connectivity index (χ3n) is 3.70. The molecule has 1 N–H and O–H groups in total. The molecule has 0 radical (unpaired) electrons. The minimum atomic E-state index is -0.208. The topological polar surface area (TPSA) is 77.2 Å². The Bertz CT molecular complexity index is 872. The summed E-state index contributed by atoms with van der Waals surface area (Å²) in [5.41, 5.74) is 2.66. The third kappa shape index (κ3) is 4.69. The second kappa shape index (κ2) is 8.29. The molecule has 134 valence electrons. The number of aromatic nitrogens is 2. The van der Waals surface area contributed by atoms with Crippen molar-refractivity contribution in [3.05, 3.63) is 60.0 Å². The summed E-state index contributed by atoms with van der Waals surface area (Å²) in [6, 6.07) is 14.8. The Balaban J connectivity index is 1.54. The van der Waals surface area contributed by atoms with Crippen molar-refractivity contribution in [2.45, 2.75) is 26.7 Å². The van der Waals surface area contributed by atoms with Gasteiger partial charge in [-0.1, -0.05) is 19.1 Å². The van der Waals surface area contributed by atoms with Crippen molar-refractivity contribution in [2.24, 2.45) is 0 Å². The van der Waals surface area contributed by atoms with Crippen molar-refractivity contribution in [1.82, 2.24) is 10.2 Å². The van der Waals surface area contributed by atoms with E-state index in [4.69, 9.17) is 9.15 Å². The Morgan fingerprint density at radius 2 is 1.96 bits per heavy atom. The molecule has 0 aliphatic carbocycles. The number of nitrogens with zero attached hydrogens (tertiary/aromatic N) is 2. The van der Waals surface area contributed by atoms with Gasteiger partial charge in [-0.3, -0.25) is 4.79 Å². The third-order valence-corrected chi connectivity index (χ3v) is 3.70. The van der Waals surface area contributed by atoms with E-state index in [2.05, 4.69) is 22.4 Å². The number of hydrogen-bond acceptors (Lipinski definition) is 5. The molecule has 1 heterocycles. The van der Waals surface area contributed by atoms with Crippen molar-refractivity contribution in [3.8, 4) is 17.2 Å². The molecule has 0 bridgehead atoms. The maximum atomic E-state index is 12.0. The van der Waals surface area contributed by atoms with Crippen LogP contribution in [0.1, 0.15) is 24.8 Å². The molecule has 0 aliphatic rings. The number of benzene rings is 2. The van der Waals surface area contributed by atoms with E-state index in [-0.39, 0.29) is 12.5 Å². The molecule has 26 heavy (non-hydrogen) atoms. The molecule has 3 rings (SSSR count). The van der Waals surface area contributed by atoms with Crippen LogP contribution in [0.5, 0.6) is 5.75 Å². The molecule has 0 atom stereocenters. The number of nitrogens with one attached hydrogen (secondary N) is 1. The van der Waals surface area contributed by atoms with E-state index >= 15 is 0 Å². The molecule has 0 saturated heterocycles. The van der Waals surface area contributed by atoms with Crippen LogP contribution in [0.15, 0.2) is 52.9 Å². The molecule has 6 nitrogen and oxygen atoms in total. The van der Waals surface area contributed by atoms with Crippen LogP contribution < -0.4 is 10.1 Å². The monoisotopic (exact) mass is 351 g/mol. The number of carbonyl (C=O) groups excluding carboxylic acids is 1. The fourth-order valence-corrected chi connectivity index (χ4v) is 2.45. The second-order valence-electron chi connectivity index (χ2n) is 5.98. The van der Waals surface area contributed by atoms with E-state index < -0.39 is 0 Å². The smallest absolute Gasteiger partial charge is 0.262 e. The number of ether oxygens (including phenoxy) is 1. The van der Waals surface area contributed by atoms with Gasteiger partial charge in [-0.2, -0.15) is 0 Å². The molecular weight excluding hydrogens is 330 g/mol. The van der Waals surface area contributed by atoms with Gasteiger partial charge in [0.15, 0.2) is 6.61 Å². The molecule has 0 unspecified atom stereocenters. The van der Waals surface area contributed by atoms with Crippen LogP contribution in [0.3, 0.4) is 0 Å². The van der Waals surface area contributed by atoms with Crippen LogP contribution in [0, 0.1) is 6.92 Å². The van der Waals surface area contributed by atoms with Crippen LogP contribution >= 0.6 is 0 Å². The first-order valence-corrected chi connectivity index (χ1v) is 8.56. The van der Waals surface area contributed by atoms with Gasteiger partial charge in [-0.05, 0) is 55.3 Å². The van der Waals surface area contributed by atoms with Gasteiger partial charge in [0.2, 0.25) is 11.8 Å². The Hall–Kier alpha value is -3.15. The highest BCUT2D eigenvalue weighted by atomic mass is 16.5. The number of rotatable bonds is 7. The molecule has 1 aromatic heterocycles. The number of aryl methyl sites for hydroxylation is 2. The number of amides is 1. The van der Waals surface area contributed by atoms with Gasteiger partial charge in [0.1, 0.15) is 5.75 Å². The van der Waals surface area contributed by atoms with Crippen molar-refractivity contribution < 1.29 is 13.9 Å². The van der Waals surface area contributed by atoms with Crippen LogP contribution in [0.2, 0.25) is 0 Å². The first kappa shape index (κ1) is 17.7. The van der Waals surface area contributed by atoms with Crippen LogP contribution in [-0.2, 0) is 11.2 Å². The summed E-state index contributed by atoms with van der Waals surface area (Å²) in [5, 5.41) is 10.9. The zero-order chi connectivity index (χ0) is 18.4. The summed E-state index contributed by atoms with van der Waals surface area (Å²) in [6.45, 7) is 3.97. The Labute approximate surface area is 152 Å². The summed E-state index contributed by atoms with van der Waals surface area (Å²) in [4.78, 5) is 12.0. The zero-order valence-electron chi connectivity index (χ0n) is 14.9. The van der Waals surface area contributed by atoms with Crippen LogP contribution in [0.4, 0.5) is 5.69 Å². The van der Waals surface area contributed by atoms with Gasteiger partial charge in [0.05, 0.1) is 0 Å². The molecule has 0 fully saturated rings. The highest BCUT2D eigenvalue weighted by Crippen LogP contribution is 2.21. The van der Waals surface area contributed by atoms with E-state index in [1.54, 1.807) is 12.1 Å². The van der Waals surface area contributed by atoms with Crippen LogP contribution in [-0.4, -0.2) is 22.7 Å². The molecule has 6 heteroatoms. The van der Waals surface area contributed by atoms with E-state index in [1.165, 1.54) is 0 Å². The van der Waals surface area contributed by atoms with Gasteiger partial charge < -0.3 is 14.5 Å². The number of anilines is 1. The quantitative estimate of drug-likeness (QED) is 0.696. The van der Waals surface area contributed by atoms with Gasteiger partial charge in [0, 0.05) is 17.7 Å². The first-order valence-electron chi connectivity index (χ1n) is 8.56. The SMILES string of the molecule is CCCc1nnc(-c2ccc(OCC(=O)Nc3cccc(C)c3)cc2)o1. The summed E-state index contributed by atoms with van der Waals surface area (Å²) in [6.07, 6.45) is 1.73. The predicted octanol–water partition coefficient (Wildman–Crippen LogP) is 4.02. The average molecular weight is 351 g/mol. The fourth-order valence-electron chi connectivity index (χ4n) is 2.45. The highest BCUT2D eigenvalue weighted by molar-refractivity contribution is 5.91. The van der Waals surface area contributed by atoms with E-state index in [0.717, 1.165) is 29.7 Å². The molecule has 0 aliphatic heterocycles. The first-order chi connectivity index (χ1) is 12.6. The lowest BCUT2D eigenvalue weighted by molar-refractivity contribution is -0.118. The molecular formula is C20H21N3O3. The maximum absolute atomic E-state index is 12.0. The van der Waals surface area contributed by atoms with Crippen molar-refractivity contribution in [3.63, 3.8) is 0 Å². The van der Waals surface area contributed by atoms with Gasteiger partial charge >= 0.3 is 0 Å². The highest BCUT2D eigenvalue weighted by Gasteiger charge is 2.09. The standard InChI is InChI=1S/C20H21N3O3/c1-3-5-19-22-23-20(26-19)15-8-10-17(11-9-15)25-13-18(24)21-16-7-4-6-14(2)12-16/h4,6-12H,3,5,13H2,1-2H3,(H,21,24). The van der Waals surface area contributed by atoms with Crippen molar-refractivity contribution in [1.29, 1.82) is 0 Å². The summed E-state index contributed by atoms with van der Waals surface area (Å²) in [5.74, 6) is 1.51. The average Bonchev–Trinajstić information content (AvgIpc) is 3.09. The Morgan fingerprint density at radius 1 is 1.15 bits per heavy atom. The summed E-state index contributed by atoms with van der Waals surface area (Å²) < 4.78 is 11.1. The van der Waals surface area contributed by atoms with E-state index in [1.807, 2.05) is 43.3 Å². The van der Waals surface area contributed by atoms with Crippen molar-refractivity contribution in [2.75, 3.05) is 11.9 Å². The fraction of sp³-hybridized carbons (Fsp3) is 0.250. The van der Waals surface area contributed by atoms with E-state index in [9.17, 15) is 4.79 Å². The lowest BCUT2D eigenvalue weighted by atomic mass is 10.2. The minimum Gasteiger partial charge on any atom is -0.484 e. The molecule has 1 amide bonds. The Kier molecular flexibility index (Phi) is 5.63. The summed E-state index contributed by atoms with van der Waals surface area (Å²) >= 11 is 0. The molecule has 2 aromatic carbocycles. The lowest BCUT2D eigenvalue weighted by Crippen LogP contribution is -2.20. The lowest BCUT2D eigenvalue weighted by Gasteiger charge is -2.08. The largest absolute Gasteiger partial charge is 0.484 e. The molecule has 0 saturated carbocycles. The van der Waals surface area contributed by atoms with E-state index in [0.29, 0.717) is 17.5 Å². The number of hydrogen-bond donors (Lipinski definition) is 1. The van der Waals surface area contributed by atoms with Gasteiger partial charge in [-0.15, -0.1) is 10.2 Å². The minimum absolute atomic E-state index is 0.0610. The van der Waals surface area contributed by atoms with Gasteiger partial charge in [-0.25, -0.2) is 0 Å². The maximum Gasteiger partial charge on any atom is 0.262 e. The zero-order valence-corrected chi connectivity index (χ0v) is 14.9. The second-order valence-corrected chi connectivity index (χ2v) is 5.98. The molecule has 3 aromatic rings. The van der Waals surface area contributed by atoms with Crippen molar-refractivity contribution >= 4 is 11.6 Å². The van der Waals surface area contributed by atoms with Crippen LogP contribution in [0.25, 0.3) is 11.5 Å². The number of carbonyl (C=O) groups is 1. The predicted molar refractivity (Wildman–Crippen MR) is 99.0 cm³/mol. The Morgan fingerprint density at radius 3 is 2.69 bits per heavy atom.